The Kier molecular flexibility index (Phi) is 4.99. The van der Waals surface area contributed by atoms with E-state index in [2.05, 4.69) is 6.92 Å². The van der Waals surface area contributed by atoms with Gasteiger partial charge in [0, 0.05) is 0 Å². The fraction of sp³-hybridized carbons (Fsp3) is 0.462. The van der Waals surface area contributed by atoms with E-state index in [0.29, 0.717) is 6.42 Å². The summed E-state index contributed by atoms with van der Waals surface area (Å²) in [7, 11) is 1.87. The molecule has 0 aliphatic rings. The first-order valence-corrected chi connectivity index (χ1v) is 5.62. The number of carbonyl (C=O) groups is 1. The first-order valence-electron chi connectivity index (χ1n) is 5.62. The van der Waals surface area contributed by atoms with Crippen LogP contribution >= 0.6 is 0 Å². The Morgan fingerprint density at radius 2 is 2.00 bits per heavy atom. The Hall–Kier alpha value is -1.35. The summed E-state index contributed by atoms with van der Waals surface area (Å²) in [5, 5.41) is 9.19. The summed E-state index contributed by atoms with van der Waals surface area (Å²) in [5.41, 5.74) is 1.07. The zero-order valence-electron chi connectivity index (χ0n) is 9.89. The lowest BCUT2D eigenvalue weighted by molar-refractivity contribution is -0.142. The van der Waals surface area contributed by atoms with Crippen molar-refractivity contribution in [3.8, 4) is 0 Å². The highest BCUT2D eigenvalue weighted by atomic mass is 16.4. The van der Waals surface area contributed by atoms with Crippen LogP contribution in [0.2, 0.25) is 0 Å². The molecule has 0 aliphatic heterocycles. The van der Waals surface area contributed by atoms with Crippen LogP contribution in [-0.4, -0.2) is 35.6 Å². The standard InChI is InChI=1S/C13H19NO2/c1-3-9-14(2)12(13(15)16)10-11-7-5-4-6-8-11/h4-8,12H,3,9-10H2,1-2H3,(H,15,16). The average Bonchev–Trinajstić information content (AvgIpc) is 2.27. The molecule has 0 aromatic heterocycles. The first-order chi connectivity index (χ1) is 7.65. The van der Waals surface area contributed by atoms with Gasteiger partial charge in [0.15, 0.2) is 0 Å². The maximum Gasteiger partial charge on any atom is 0.321 e. The van der Waals surface area contributed by atoms with Gasteiger partial charge in [0.1, 0.15) is 6.04 Å². The highest BCUT2D eigenvalue weighted by molar-refractivity contribution is 5.73. The highest BCUT2D eigenvalue weighted by Gasteiger charge is 2.21. The smallest absolute Gasteiger partial charge is 0.321 e. The number of carboxylic acid groups (broad SMARTS) is 1. The summed E-state index contributed by atoms with van der Waals surface area (Å²) in [4.78, 5) is 13.1. The zero-order valence-corrected chi connectivity index (χ0v) is 9.89. The van der Waals surface area contributed by atoms with Crippen molar-refractivity contribution in [1.82, 2.24) is 4.90 Å². The molecule has 1 aromatic carbocycles. The van der Waals surface area contributed by atoms with Crippen LogP contribution in [0.15, 0.2) is 30.3 Å². The molecule has 0 fully saturated rings. The molecule has 0 saturated carbocycles. The Morgan fingerprint density at radius 3 is 2.50 bits per heavy atom. The molecule has 88 valence electrons. The molecule has 16 heavy (non-hydrogen) atoms. The second-order valence-electron chi connectivity index (χ2n) is 4.02. The second kappa shape index (κ2) is 6.28. The van der Waals surface area contributed by atoms with Crippen molar-refractivity contribution in [1.29, 1.82) is 0 Å². The van der Waals surface area contributed by atoms with Gasteiger partial charge in [-0.1, -0.05) is 37.3 Å². The molecule has 0 amide bonds. The average molecular weight is 221 g/mol. The van der Waals surface area contributed by atoms with Crippen molar-refractivity contribution < 1.29 is 9.90 Å². The van der Waals surface area contributed by atoms with E-state index < -0.39 is 12.0 Å². The molecule has 0 heterocycles. The van der Waals surface area contributed by atoms with E-state index in [0.717, 1.165) is 18.5 Å². The molecule has 0 saturated heterocycles. The Bertz CT molecular complexity index is 324. The van der Waals surface area contributed by atoms with Crippen LogP contribution in [0.4, 0.5) is 0 Å². The minimum Gasteiger partial charge on any atom is -0.480 e. The van der Waals surface area contributed by atoms with Crippen LogP contribution in [0.5, 0.6) is 0 Å². The quantitative estimate of drug-likeness (QED) is 0.799. The number of hydrogen-bond acceptors (Lipinski definition) is 2. The number of nitrogens with zero attached hydrogens (tertiary/aromatic N) is 1. The molecule has 0 radical (unpaired) electrons. The van der Waals surface area contributed by atoms with Crippen LogP contribution in [0.1, 0.15) is 18.9 Å². The van der Waals surface area contributed by atoms with Gasteiger partial charge in [0.2, 0.25) is 0 Å². The van der Waals surface area contributed by atoms with Crippen LogP contribution in [-0.2, 0) is 11.2 Å². The van der Waals surface area contributed by atoms with Gasteiger partial charge in [-0.2, -0.15) is 0 Å². The molecule has 3 heteroatoms. The van der Waals surface area contributed by atoms with Crippen molar-refractivity contribution in [2.75, 3.05) is 13.6 Å². The van der Waals surface area contributed by atoms with E-state index in [1.165, 1.54) is 0 Å². The van der Waals surface area contributed by atoms with Gasteiger partial charge in [0.25, 0.3) is 0 Å². The van der Waals surface area contributed by atoms with E-state index in [1.807, 2.05) is 42.3 Å². The van der Waals surface area contributed by atoms with Gasteiger partial charge >= 0.3 is 5.97 Å². The Balaban J connectivity index is 2.69. The maximum atomic E-state index is 11.2. The predicted octanol–water partition coefficient (Wildman–Crippen LogP) is 2.02. The molecule has 1 atom stereocenters. The summed E-state index contributed by atoms with van der Waals surface area (Å²) in [6, 6.07) is 9.32. The first kappa shape index (κ1) is 12.7. The van der Waals surface area contributed by atoms with E-state index in [1.54, 1.807) is 0 Å². The molecule has 1 unspecified atom stereocenters. The highest BCUT2D eigenvalue weighted by Crippen LogP contribution is 2.08. The number of hydrogen-bond donors (Lipinski definition) is 1. The van der Waals surface area contributed by atoms with E-state index in [-0.39, 0.29) is 0 Å². The van der Waals surface area contributed by atoms with Gasteiger partial charge < -0.3 is 5.11 Å². The second-order valence-corrected chi connectivity index (χ2v) is 4.02. The predicted molar refractivity (Wildman–Crippen MR) is 64.5 cm³/mol. The van der Waals surface area contributed by atoms with Crippen LogP contribution in [0, 0.1) is 0 Å². The van der Waals surface area contributed by atoms with E-state index in [4.69, 9.17) is 0 Å². The SMILES string of the molecule is CCCN(C)C(Cc1ccccc1)C(=O)O. The van der Waals surface area contributed by atoms with Crippen LogP contribution in [0.25, 0.3) is 0 Å². The third-order valence-corrected chi connectivity index (χ3v) is 2.67. The summed E-state index contributed by atoms with van der Waals surface area (Å²) in [6.07, 6.45) is 1.53. The van der Waals surface area contributed by atoms with Crippen molar-refractivity contribution in [2.45, 2.75) is 25.8 Å². The molecule has 0 spiro atoms. The van der Waals surface area contributed by atoms with Gasteiger partial charge in [-0.15, -0.1) is 0 Å². The third-order valence-electron chi connectivity index (χ3n) is 2.67. The van der Waals surface area contributed by atoms with E-state index >= 15 is 0 Å². The lowest BCUT2D eigenvalue weighted by Gasteiger charge is -2.24. The normalized spacial score (nSPS) is 12.7. The summed E-state index contributed by atoms with van der Waals surface area (Å²) in [6.45, 7) is 2.86. The van der Waals surface area contributed by atoms with Gasteiger partial charge in [0.05, 0.1) is 0 Å². The lowest BCUT2D eigenvalue weighted by atomic mass is 10.1. The zero-order chi connectivity index (χ0) is 12.0. The number of likely N-dealkylation sites (N-methyl/N-ethyl adjacent to an activating group) is 1. The summed E-state index contributed by atoms with van der Waals surface area (Å²) in [5.74, 6) is -0.750. The monoisotopic (exact) mass is 221 g/mol. The van der Waals surface area contributed by atoms with Gasteiger partial charge in [-0.05, 0) is 32.0 Å². The lowest BCUT2D eigenvalue weighted by Crippen LogP contribution is -2.40. The molecular weight excluding hydrogens is 202 g/mol. The molecule has 0 bridgehead atoms. The number of rotatable bonds is 6. The van der Waals surface area contributed by atoms with Crippen LogP contribution in [0.3, 0.4) is 0 Å². The number of benzene rings is 1. The van der Waals surface area contributed by atoms with Crippen molar-refractivity contribution in [3.63, 3.8) is 0 Å². The molecule has 3 nitrogen and oxygen atoms in total. The molecule has 1 aromatic rings. The van der Waals surface area contributed by atoms with Crippen molar-refractivity contribution in [2.24, 2.45) is 0 Å². The van der Waals surface area contributed by atoms with E-state index in [9.17, 15) is 9.90 Å². The number of aliphatic carboxylic acids is 1. The number of carboxylic acids is 1. The van der Waals surface area contributed by atoms with Gasteiger partial charge in [-0.3, -0.25) is 9.69 Å². The summed E-state index contributed by atoms with van der Waals surface area (Å²) >= 11 is 0. The largest absolute Gasteiger partial charge is 0.480 e. The third kappa shape index (κ3) is 3.66. The fourth-order valence-corrected chi connectivity index (χ4v) is 1.78. The minimum absolute atomic E-state index is 0.428. The molecular formula is C13H19NO2. The van der Waals surface area contributed by atoms with Crippen molar-refractivity contribution >= 4 is 5.97 Å². The maximum absolute atomic E-state index is 11.2. The molecule has 1 rings (SSSR count). The van der Waals surface area contributed by atoms with Crippen molar-refractivity contribution in [3.05, 3.63) is 35.9 Å². The van der Waals surface area contributed by atoms with Gasteiger partial charge in [-0.25, -0.2) is 0 Å². The molecule has 0 aliphatic carbocycles. The van der Waals surface area contributed by atoms with Crippen LogP contribution < -0.4 is 0 Å². The fourth-order valence-electron chi connectivity index (χ4n) is 1.78. The topological polar surface area (TPSA) is 40.5 Å². The molecule has 1 N–H and O–H groups in total. The minimum atomic E-state index is -0.750. The Morgan fingerprint density at radius 1 is 1.38 bits per heavy atom. The summed E-state index contributed by atoms with van der Waals surface area (Å²) < 4.78 is 0. The Labute approximate surface area is 96.7 Å².